The van der Waals surface area contributed by atoms with Crippen molar-refractivity contribution in [3.63, 3.8) is 0 Å². The second kappa shape index (κ2) is 10.3. The van der Waals surface area contributed by atoms with E-state index >= 15 is 0 Å². The molecule has 1 amide bonds. The highest BCUT2D eigenvalue weighted by Crippen LogP contribution is 2.24. The smallest absolute Gasteiger partial charge is 0.410 e. The van der Waals surface area contributed by atoms with Crippen LogP contribution in [0.3, 0.4) is 0 Å². The largest absolute Gasteiger partial charge is 0.444 e. The minimum atomic E-state index is -0.450. The lowest BCUT2D eigenvalue weighted by molar-refractivity contribution is 0.0224. The number of hydrogen-bond donors (Lipinski definition) is 0. The Morgan fingerprint density at radius 1 is 1.15 bits per heavy atom. The molecule has 0 aromatic heterocycles. The number of hydrogen-bond acceptors (Lipinski definition) is 2. The minimum absolute atomic E-state index is 0.220. The van der Waals surface area contributed by atoms with Gasteiger partial charge in [0.25, 0.3) is 0 Å². The Labute approximate surface area is 166 Å². The van der Waals surface area contributed by atoms with Crippen LogP contribution >= 0.6 is 0 Å². The van der Waals surface area contributed by atoms with Crippen molar-refractivity contribution >= 4 is 6.09 Å². The van der Waals surface area contributed by atoms with Gasteiger partial charge in [-0.05, 0) is 76.6 Å². The summed E-state index contributed by atoms with van der Waals surface area (Å²) < 4.78 is 5.50. The second-order valence-electron chi connectivity index (χ2n) is 7.72. The van der Waals surface area contributed by atoms with Crippen LogP contribution in [0.15, 0.2) is 41.5 Å². The molecule has 3 heteroatoms. The van der Waals surface area contributed by atoms with Crippen LogP contribution in [0.5, 0.6) is 0 Å². The molecule has 0 fully saturated rings. The lowest BCUT2D eigenvalue weighted by Crippen LogP contribution is -2.39. The van der Waals surface area contributed by atoms with Crippen LogP contribution in [0.4, 0.5) is 4.79 Å². The molecular formula is C24H37NO2. The van der Waals surface area contributed by atoms with Gasteiger partial charge in [0.1, 0.15) is 5.60 Å². The number of nitrogens with zero attached hydrogens (tertiary/aromatic N) is 1. The zero-order valence-corrected chi connectivity index (χ0v) is 18.5. The Kier molecular flexibility index (Phi) is 8.81. The molecule has 27 heavy (non-hydrogen) atoms. The second-order valence-corrected chi connectivity index (χ2v) is 7.72. The van der Waals surface area contributed by atoms with Crippen molar-refractivity contribution in [1.29, 1.82) is 0 Å². The van der Waals surface area contributed by atoms with E-state index in [1.54, 1.807) is 4.90 Å². The normalized spacial score (nSPS) is 14.9. The maximum atomic E-state index is 12.3. The highest BCUT2D eigenvalue weighted by atomic mass is 16.6. The number of fused-ring (bicyclic) bond motifs is 1. The van der Waals surface area contributed by atoms with E-state index in [0.29, 0.717) is 6.54 Å². The maximum absolute atomic E-state index is 12.3. The Balaban J connectivity index is 0.00000176. The zero-order chi connectivity index (χ0) is 20.6. The molecule has 0 bridgehead atoms. The first-order valence-corrected chi connectivity index (χ1v) is 10.1. The van der Waals surface area contributed by atoms with E-state index in [0.717, 1.165) is 19.4 Å². The summed E-state index contributed by atoms with van der Waals surface area (Å²) >= 11 is 0. The first-order valence-electron chi connectivity index (χ1n) is 10.1. The summed E-state index contributed by atoms with van der Waals surface area (Å²) in [6.45, 7) is 17.4. The van der Waals surface area contributed by atoms with Gasteiger partial charge >= 0.3 is 6.09 Å². The molecule has 0 unspecified atom stereocenters. The predicted octanol–water partition coefficient (Wildman–Crippen LogP) is 6.46. The fourth-order valence-corrected chi connectivity index (χ4v) is 3.07. The third kappa shape index (κ3) is 6.89. The number of allylic oxidation sites excluding steroid dienone is 4. The number of rotatable bonds is 3. The third-order valence-corrected chi connectivity index (χ3v) is 4.62. The van der Waals surface area contributed by atoms with Crippen LogP contribution < -0.4 is 0 Å². The lowest BCUT2D eigenvalue weighted by atomic mass is 9.93. The summed E-state index contributed by atoms with van der Waals surface area (Å²) in [6.07, 6.45) is 5.97. The fraction of sp³-hybridized carbons (Fsp3) is 0.542. The molecule has 0 saturated heterocycles. The standard InChI is InChI=1S/C22H31NO2.C2H6/c1-7-16(3)18(8-2)13-17-9-10-20-15-23(12-11-19(20)14-17)21(24)25-22(4,5)6;1-2/h7-10,14H,11-13,15H2,1-6H3;1-2H3/b16-7-,18-8-;. The van der Waals surface area contributed by atoms with E-state index in [2.05, 4.69) is 51.1 Å². The summed E-state index contributed by atoms with van der Waals surface area (Å²) in [5.74, 6) is 0. The van der Waals surface area contributed by atoms with Gasteiger partial charge in [-0.15, -0.1) is 0 Å². The van der Waals surface area contributed by atoms with Crippen molar-refractivity contribution in [1.82, 2.24) is 4.90 Å². The zero-order valence-electron chi connectivity index (χ0n) is 18.5. The lowest BCUT2D eigenvalue weighted by Gasteiger charge is -2.31. The molecule has 1 aliphatic heterocycles. The molecule has 0 N–H and O–H groups in total. The van der Waals surface area contributed by atoms with Gasteiger partial charge in [0.05, 0.1) is 0 Å². The average Bonchev–Trinajstić information content (AvgIpc) is 2.65. The Morgan fingerprint density at radius 3 is 2.37 bits per heavy atom. The van der Waals surface area contributed by atoms with Gasteiger partial charge in [-0.3, -0.25) is 0 Å². The van der Waals surface area contributed by atoms with Crippen molar-refractivity contribution in [3.8, 4) is 0 Å². The van der Waals surface area contributed by atoms with Crippen LogP contribution in [-0.4, -0.2) is 23.1 Å². The van der Waals surface area contributed by atoms with Crippen molar-refractivity contribution in [2.24, 2.45) is 0 Å². The van der Waals surface area contributed by atoms with E-state index in [9.17, 15) is 4.79 Å². The minimum Gasteiger partial charge on any atom is -0.444 e. The summed E-state index contributed by atoms with van der Waals surface area (Å²) in [5, 5.41) is 0. The molecule has 150 valence electrons. The number of carbonyl (C=O) groups is 1. The van der Waals surface area contributed by atoms with Gasteiger partial charge in [0.2, 0.25) is 0 Å². The molecule has 1 aromatic carbocycles. The molecule has 1 aliphatic rings. The number of carbonyl (C=O) groups excluding carboxylic acids is 1. The first kappa shape index (κ1) is 23.0. The number of ether oxygens (including phenoxy) is 1. The van der Waals surface area contributed by atoms with Crippen molar-refractivity contribution < 1.29 is 9.53 Å². The topological polar surface area (TPSA) is 29.5 Å². The van der Waals surface area contributed by atoms with E-state index < -0.39 is 5.60 Å². The highest BCUT2D eigenvalue weighted by molar-refractivity contribution is 5.68. The highest BCUT2D eigenvalue weighted by Gasteiger charge is 2.25. The molecule has 0 spiro atoms. The van der Waals surface area contributed by atoms with E-state index in [1.807, 2.05) is 34.6 Å². The summed E-state index contributed by atoms with van der Waals surface area (Å²) in [6, 6.07) is 6.65. The number of amides is 1. The molecule has 1 heterocycles. The maximum Gasteiger partial charge on any atom is 0.410 e. The summed E-state index contributed by atoms with van der Waals surface area (Å²) in [4.78, 5) is 14.1. The van der Waals surface area contributed by atoms with Crippen LogP contribution in [-0.2, 0) is 24.1 Å². The van der Waals surface area contributed by atoms with Crippen LogP contribution in [0.25, 0.3) is 0 Å². The predicted molar refractivity (Wildman–Crippen MR) is 115 cm³/mol. The SMILES string of the molecule is C/C=C(C)\C(=C/C)Cc1ccc2c(c1)CCN(C(=O)OC(C)(C)C)C2.CC. The van der Waals surface area contributed by atoms with Crippen LogP contribution in [0.2, 0.25) is 0 Å². The van der Waals surface area contributed by atoms with Crippen molar-refractivity contribution in [3.05, 3.63) is 58.2 Å². The molecule has 0 saturated carbocycles. The molecule has 2 rings (SSSR count). The van der Waals surface area contributed by atoms with E-state index in [1.165, 1.54) is 27.8 Å². The van der Waals surface area contributed by atoms with Gasteiger partial charge in [-0.1, -0.05) is 49.8 Å². The van der Waals surface area contributed by atoms with E-state index in [-0.39, 0.29) is 6.09 Å². The Bertz CT molecular complexity index is 693. The van der Waals surface area contributed by atoms with Crippen molar-refractivity contribution in [2.75, 3.05) is 6.54 Å². The quantitative estimate of drug-likeness (QED) is 0.571. The van der Waals surface area contributed by atoms with Crippen LogP contribution in [0, 0.1) is 0 Å². The van der Waals surface area contributed by atoms with Gasteiger partial charge in [0.15, 0.2) is 0 Å². The van der Waals surface area contributed by atoms with Gasteiger partial charge in [-0.25, -0.2) is 4.79 Å². The number of benzene rings is 1. The first-order chi connectivity index (χ1) is 12.7. The Morgan fingerprint density at radius 2 is 1.81 bits per heavy atom. The van der Waals surface area contributed by atoms with Gasteiger partial charge < -0.3 is 9.64 Å². The third-order valence-electron chi connectivity index (χ3n) is 4.62. The average molecular weight is 372 g/mol. The summed E-state index contributed by atoms with van der Waals surface area (Å²) in [7, 11) is 0. The van der Waals surface area contributed by atoms with Crippen molar-refractivity contribution in [2.45, 2.75) is 80.4 Å². The Hall–Kier alpha value is -2.03. The summed E-state index contributed by atoms with van der Waals surface area (Å²) in [5.41, 5.74) is 6.16. The molecule has 0 radical (unpaired) electrons. The molecule has 0 aliphatic carbocycles. The van der Waals surface area contributed by atoms with Crippen LogP contribution in [0.1, 0.15) is 72.1 Å². The van der Waals surface area contributed by atoms with Gasteiger partial charge in [0, 0.05) is 13.1 Å². The molecular weight excluding hydrogens is 334 g/mol. The fourth-order valence-electron chi connectivity index (χ4n) is 3.07. The molecule has 3 nitrogen and oxygen atoms in total. The monoisotopic (exact) mass is 371 g/mol. The molecule has 0 atom stereocenters. The van der Waals surface area contributed by atoms with E-state index in [4.69, 9.17) is 4.74 Å². The van der Waals surface area contributed by atoms with Gasteiger partial charge in [-0.2, -0.15) is 0 Å². The molecule has 1 aromatic rings.